The summed E-state index contributed by atoms with van der Waals surface area (Å²) >= 11 is 3.91. The van der Waals surface area contributed by atoms with E-state index < -0.39 is 0 Å². The van der Waals surface area contributed by atoms with Crippen LogP contribution in [0.25, 0.3) is 0 Å². The van der Waals surface area contributed by atoms with Gasteiger partial charge in [-0.15, -0.1) is 23.1 Å². The zero-order valence-corrected chi connectivity index (χ0v) is 10.7. The van der Waals surface area contributed by atoms with Gasteiger partial charge < -0.3 is 0 Å². The van der Waals surface area contributed by atoms with Crippen LogP contribution in [-0.2, 0) is 4.75 Å². The highest BCUT2D eigenvalue weighted by Gasteiger charge is 2.34. The number of nitrogens with zero attached hydrogens (tertiary/aromatic N) is 1. The van der Waals surface area contributed by atoms with Crippen molar-refractivity contribution in [3.63, 3.8) is 0 Å². The zero-order chi connectivity index (χ0) is 10.2. The fourth-order valence-corrected chi connectivity index (χ4v) is 4.33. The van der Waals surface area contributed by atoms with Crippen LogP contribution in [0.5, 0.6) is 0 Å². The lowest BCUT2D eigenvalue weighted by Gasteiger charge is -2.18. The predicted molar refractivity (Wildman–Crippen MR) is 65.2 cm³/mol. The first-order chi connectivity index (χ1) is 6.62. The van der Waals surface area contributed by atoms with Crippen molar-refractivity contribution in [2.24, 2.45) is 0 Å². The molecule has 1 nitrogen and oxygen atoms in total. The lowest BCUT2D eigenvalue weighted by atomic mass is 10.1. The Morgan fingerprint density at radius 2 is 2.29 bits per heavy atom. The van der Waals surface area contributed by atoms with Gasteiger partial charge >= 0.3 is 0 Å². The summed E-state index contributed by atoms with van der Waals surface area (Å²) in [5.74, 6) is 1.86. The summed E-state index contributed by atoms with van der Waals surface area (Å²) < 4.78 is 0.317. The van der Waals surface area contributed by atoms with Crippen LogP contribution < -0.4 is 0 Å². The average Bonchev–Trinajstić information content (AvgIpc) is 2.71. The van der Waals surface area contributed by atoms with Crippen molar-refractivity contribution < 1.29 is 0 Å². The van der Waals surface area contributed by atoms with Crippen molar-refractivity contribution >= 4 is 23.1 Å². The fourth-order valence-electron chi connectivity index (χ4n) is 1.74. The van der Waals surface area contributed by atoms with Crippen LogP contribution >= 0.6 is 23.1 Å². The van der Waals surface area contributed by atoms with Gasteiger partial charge in [0, 0.05) is 5.38 Å². The number of hydrogen-bond donors (Lipinski definition) is 0. The van der Waals surface area contributed by atoms with Gasteiger partial charge in [0.05, 0.1) is 10.4 Å². The molecule has 1 aromatic rings. The maximum atomic E-state index is 4.76. The normalized spacial score (nSPS) is 27.4. The first-order valence-corrected chi connectivity index (χ1v) is 7.08. The van der Waals surface area contributed by atoms with Crippen LogP contribution in [-0.4, -0.2) is 10.7 Å². The molecule has 0 bridgehead atoms. The Kier molecular flexibility index (Phi) is 2.89. The highest BCUT2D eigenvalue weighted by molar-refractivity contribution is 8.00. The maximum Gasteiger partial charge on any atom is 0.109 e. The molecule has 3 heteroatoms. The first kappa shape index (κ1) is 10.5. The Labute approximate surface area is 94.3 Å². The fraction of sp³-hybridized carbons (Fsp3) is 0.727. The molecule has 0 spiro atoms. The summed E-state index contributed by atoms with van der Waals surface area (Å²) in [7, 11) is 0. The quantitative estimate of drug-likeness (QED) is 0.757. The van der Waals surface area contributed by atoms with E-state index in [-0.39, 0.29) is 0 Å². The van der Waals surface area contributed by atoms with Crippen molar-refractivity contribution in [3.8, 4) is 0 Å². The highest BCUT2D eigenvalue weighted by atomic mass is 32.2. The van der Waals surface area contributed by atoms with Crippen LogP contribution in [0, 0.1) is 0 Å². The predicted octanol–water partition coefficient (Wildman–Crippen LogP) is 4.01. The Bertz CT molecular complexity index is 311. The van der Waals surface area contributed by atoms with Crippen LogP contribution in [0.3, 0.4) is 0 Å². The number of hydrogen-bond acceptors (Lipinski definition) is 3. The van der Waals surface area contributed by atoms with E-state index in [0.717, 1.165) is 0 Å². The summed E-state index contributed by atoms with van der Waals surface area (Å²) in [5, 5.41) is 3.56. The van der Waals surface area contributed by atoms with Gasteiger partial charge in [-0.25, -0.2) is 4.98 Å². The van der Waals surface area contributed by atoms with Gasteiger partial charge in [-0.05, 0) is 31.4 Å². The van der Waals surface area contributed by atoms with Gasteiger partial charge in [0.1, 0.15) is 5.01 Å². The summed E-state index contributed by atoms with van der Waals surface area (Å²) in [6.45, 7) is 6.76. The van der Waals surface area contributed by atoms with Gasteiger partial charge in [-0.2, -0.15) is 0 Å². The molecule has 0 N–H and O–H groups in total. The minimum atomic E-state index is 0.317. The van der Waals surface area contributed by atoms with Crippen molar-refractivity contribution in [2.45, 2.75) is 44.3 Å². The third-order valence-electron chi connectivity index (χ3n) is 2.78. The summed E-state index contributed by atoms with van der Waals surface area (Å²) in [4.78, 5) is 4.76. The summed E-state index contributed by atoms with van der Waals surface area (Å²) in [6, 6.07) is 0. The molecule has 78 valence electrons. The molecule has 1 aliphatic heterocycles. The number of thiazole rings is 1. The minimum Gasteiger partial charge on any atom is -0.245 e. The van der Waals surface area contributed by atoms with E-state index in [4.69, 9.17) is 4.98 Å². The van der Waals surface area contributed by atoms with E-state index in [1.807, 2.05) is 11.3 Å². The Balaban J connectivity index is 2.23. The molecule has 0 saturated carbocycles. The second-order valence-electron chi connectivity index (χ2n) is 4.42. The largest absolute Gasteiger partial charge is 0.245 e. The van der Waals surface area contributed by atoms with Crippen LogP contribution in [0.1, 0.15) is 50.2 Å². The molecule has 14 heavy (non-hydrogen) atoms. The molecule has 1 unspecified atom stereocenters. The van der Waals surface area contributed by atoms with E-state index in [0.29, 0.717) is 10.7 Å². The summed E-state index contributed by atoms with van der Waals surface area (Å²) in [5.41, 5.74) is 1.26. The van der Waals surface area contributed by atoms with Gasteiger partial charge in [-0.3, -0.25) is 0 Å². The van der Waals surface area contributed by atoms with E-state index in [1.165, 1.54) is 29.3 Å². The second-order valence-corrected chi connectivity index (χ2v) is 6.87. The van der Waals surface area contributed by atoms with E-state index in [9.17, 15) is 0 Å². The maximum absolute atomic E-state index is 4.76. The lowest BCUT2D eigenvalue weighted by molar-refractivity contribution is 0.636. The lowest BCUT2D eigenvalue weighted by Crippen LogP contribution is -2.12. The van der Waals surface area contributed by atoms with Gasteiger partial charge in [0.15, 0.2) is 0 Å². The molecule has 1 aromatic heterocycles. The van der Waals surface area contributed by atoms with Crippen molar-refractivity contribution in [3.05, 3.63) is 16.1 Å². The molecule has 1 aliphatic rings. The topological polar surface area (TPSA) is 12.9 Å². The molecule has 2 heterocycles. The molecule has 0 radical (unpaired) electrons. The molecule has 0 aromatic carbocycles. The second kappa shape index (κ2) is 3.86. The zero-order valence-electron chi connectivity index (χ0n) is 9.04. The average molecular weight is 227 g/mol. The monoisotopic (exact) mass is 227 g/mol. The molecule has 1 fully saturated rings. The van der Waals surface area contributed by atoms with Crippen LogP contribution in [0.2, 0.25) is 0 Å². The SMILES string of the molecule is CC(C)c1csc(C2(C)CCCS2)n1. The van der Waals surface area contributed by atoms with Crippen molar-refractivity contribution in [2.75, 3.05) is 5.75 Å². The Morgan fingerprint density at radius 1 is 1.50 bits per heavy atom. The molecular formula is C11H17NS2. The van der Waals surface area contributed by atoms with E-state index >= 15 is 0 Å². The van der Waals surface area contributed by atoms with Crippen LogP contribution in [0.15, 0.2) is 5.38 Å². The third kappa shape index (κ3) is 1.84. The highest BCUT2D eigenvalue weighted by Crippen LogP contribution is 2.47. The minimum absolute atomic E-state index is 0.317. The van der Waals surface area contributed by atoms with Gasteiger partial charge in [-0.1, -0.05) is 13.8 Å². The standard InChI is InChI=1S/C11H17NS2/c1-8(2)9-7-13-10(12-9)11(3)5-4-6-14-11/h7-8H,4-6H2,1-3H3. The first-order valence-electron chi connectivity index (χ1n) is 5.22. The molecular weight excluding hydrogens is 210 g/mol. The Hall–Kier alpha value is -0.0200. The molecule has 0 aliphatic carbocycles. The molecule has 1 saturated heterocycles. The number of rotatable bonds is 2. The van der Waals surface area contributed by atoms with E-state index in [1.54, 1.807) is 0 Å². The number of aromatic nitrogens is 1. The van der Waals surface area contributed by atoms with Crippen molar-refractivity contribution in [1.29, 1.82) is 0 Å². The van der Waals surface area contributed by atoms with E-state index in [2.05, 4.69) is 37.9 Å². The Morgan fingerprint density at radius 3 is 2.79 bits per heavy atom. The van der Waals surface area contributed by atoms with Gasteiger partial charge in [0.25, 0.3) is 0 Å². The van der Waals surface area contributed by atoms with Gasteiger partial charge in [0.2, 0.25) is 0 Å². The smallest absolute Gasteiger partial charge is 0.109 e. The summed E-state index contributed by atoms with van der Waals surface area (Å²) in [6.07, 6.45) is 2.64. The molecule has 0 amide bonds. The van der Waals surface area contributed by atoms with Crippen LogP contribution in [0.4, 0.5) is 0 Å². The molecule has 1 atom stereocenters. The third-order valence-corrected chi connectivity index (χ3v) is 5.57. The number of thioether (sulfide) groups is 1. The van der Waals surface area contributed by atoms with Crippen molar-refractivity contribution in [1.82, 2.24) is 4.98 Å². The molecule has 2 rings (SSSR count).